The van der Waals surface area contributed by atoms with Gasteiger partial charge in [0.1, 0.15) is 5.82 Å². The Morgan fingerprint density at radius 2 is 1.76 bits per heavy atom. The molecule has 0 unspecified atom stereocenters. The number of para-hydroxylation sites is 1. The van der Waals surface area contributed by atoms with Gasteiger partial charge in [0, 0.05) is 39.1 Å². The Labute approximate surface area is 171 Å². The summed E-state index contributed by atoms with van der Waals surface area (Å²) in [6.07, 6.45) is 0.220. The maximum Gasteiger partial charge on any atom is 0.243 e. The smallest absolute Gasteiger partial charge is 0.243 e. The number of halogens is 1. The van der Waals surface area contributed by atoms with Crippen molar-refractivity contribution in [1.29, 1.82) is 0 Å². The monoisotopic (exact) mass is 419 g/mol. The molecule has 6 nitrogen and oxygen atoms in total. The van der Waals surface area contributed by atoms with Crippen LogP contribution >= 0.6 is 0 Å². The SMILES string of the molecule is Cc1ccc(C)c(S(=O)(=O)N2CCN(CCC(=O)Nc3ccccc3F)CC2)c1. The molecule has 1 saturated heterocycles. The highest BCUT2D eigenvalue weighted by molar-refractivity contribution is 7.89. The van der Waals surface area contributed by atoms with Crippen molar-refractivity contribution >= 4 is 21.6 Å². The first kappa shape index (κ1) is 21.4. The number of aryl methyl sites for hydroxylation is 2. The molecule has 1 fully saturated rings. The Hall–Kier alpha value is -2.29. The average molecular weight is 420 g/mol. The van der Waals surface area contributed by atoms with Gasteiger partial charge < -0.3 is 10.2 Å². The third kappa shape index (κ3) is 5.20. The lowest BCUT2D eigenvalue weighted by Gasteiger charge is -2.34. The van der Waals surface area contributed by atoms with Crippen molar-refractivity contribution in [3.05, 3.63) is 59.4 Å². The number of hydrogen-bond donors (Lipinski definition) is 1. The Bertz CT molecular complexity index is 986. The van der Waals surface area contributed by atoms with Crippen molar-refractivity contribution in [3.63, 3.8) is 0 Å². The summed E-state index contributed by atoms with van der Waals surface area (Å²) in [6, 6.07) is 11.5. The molecule has 0 aliphatic carbocycles. The predicted octanol–water partition coefficient (Wildman–Crippen LogP) is 2.78. The highest BCUT2D eigenvalue weighted by Gasteiger charge is 2.29. The molecule has 1 N–H and O–H groups in total. The molecule has 0 bridgehead atoms. The second kappa shape index (κ2) is 9.02. The number of carbonyl (C=O) groups is 1. The minimum absolute atomic E-state index is 0.168. The molecule has 2 aromatic carbocycles. The summed E-state index contributed by atoms with van der Waals surface area (Å²) < 4.78 is 41.1. The standard InChI is InChI=1S/C21H26FN3O3S/c1-16-7-8-17(2)20(15-16)29(27,28)25-13-11-24(12-14-25)10-9-21(26)23-19-6-4-3-5-18(19)22/h3-8,15H,9-14H2,1-2H3,(H,23,26). The number of piperazine rings is 1. The predicted molar refractivity (Wildman–Crippen MR) is 111 cm³/mol. The topological polar surface area (TPSA) is 69.7 Å². The molecule has 156 valence electrons. The van der Waals surface area contributed by atoms with Gasteiger partial charge in [0.05, 0.1) is 10.6 Å². The normalized spacial score (nSPS) is 16.0. The summed E-state index contributed by atoms with van der Waals surface area (Å²) in [4.78, 5) is 14.5. The molecule has 0 atom stereocenters. The lowest BCUT2D eigenvalue weighted by atomic mass is 10.2. The summed E-state index contributed by atoms with van der Waals surface area (Å²) in [5, 5.41) is 2.57. The van der Waals surface area contributed by atoms with E-state index in [1.165, 1.54) is 16.4 Å². The van der Waals surface area contributed by atoms with Crippen LogP contribution < -0.4 is 5.32 Å². The van der Waals surface area contributed by atoms with Crippen LogP contribution in [-0.2, 0) is 14.8 Å². The molecule has 0 spiro atoms. The molecule has 0 radical (unpaired) electrons. The van der Waals surface area contributed by atoms with Crippen molar-refractivity contribution in [2.45, 2.75) is 25.2 Å². The number of anilines is 1. The minimum Gasteiger partial charge on any atom is -0.324 e. The summed E-state index contributed by atoms with van der Waals surface area (Å²) >= 11 is 0. The van der Waals surface area contributed by atoms with Crippen LogP contribution in [0.4, 0.5) is 10.1 Å². The number of nitrogens with one attached hydrogen (secondary N) is 1. The van der Waals surface area contributed by atoms with Gasteiger partial charge in [-0.3, -0.25) is 4.79 Å². The van der Waals surface area contributed by atoms with Gasteiger partial charge in [0.2, 0.25) is 15.9 Å². The van der Waals surface area contributed by atoms with Crippen LogP contribution in [0.15, 0.2) is 47.4 Å². The van der Waals surface area contributed by atoms with Crippen LogP contribution in [0, 0.1) is 19.7 Å². The first-order valence-electron chi connectivity index (χ1n) is 9.61. The lowest BCUT2D eigenvalue weighted by Crippen LogP contribution is -2.49. The Kier molecular flexibility index (Phi) is 6.66. The van der Waals surface area contributed by atoms with Crippen molar-refractivity contribution in [2.24, 2.45) is 0 Å². The molecule has 1 aliphatic rings. The fourth-order valence-electron chi connectivity index (χ4n) is 3.35. The van der Waals surface area contributed by atoms with Gasteiger partial charge >= 0.3 is 0 Å². The number of hydrogen-bond acceptors (Lipinski definition) is 4. The molecule has 3 rings (SSSR count). The molecule has 8 heteroatoms. The van der Waals surface area contributed by atoms with Crippen LogP contribution in [0.3, 0.4) is 0 Å². The van der Waals surface area contributed by atoms with Gasteiger partial charge in [-0.1, -0.05) is 24.3 Å². The Morgan fingerprint density at radius 1 is 1.07 bits per heavy atom. The van der Waals surface area contributed by atoms with E-state index in [0.29, 0.717) is 37.6 Å². The third-order valence-electron chi connectivity index (χ3n) is 5.10. The summed E-state index contributed by atoms with van der Waals surface area (Å²) in [5.41, 5.74) is 1.82. The minimum atomic E-state index is -3.53. The van der Waals surface area contributed by atoms with E-state index in [0.717, 1.165) is 11.1 Å². The van der Waals surface area contributed by atoms with E-state index in [4.69, 9.17) is 0 Å². The fraction of sp³-hybridized carbons (Fsp3) is 0.381. The number of benzene rings is 2. The molecule has 0 saturated carbocycles. The largest absolute Gasteiger partial charge is 0.324 e. The van der Waals surface area contributed by atoms with Crippen molar-refractivity contribution in [2.75, 3.05) is 38.0 Å². The van der Waals surface area contributed by atoms with Crippen LogP contribution in [-0.4, -0.2) is 56.3 Å². The highest BCUT2D eigenvalue weighted by Crippen LogP contribution is 2.22. The molecule has 0 aromatic heterocycles. The number of rotatable bonds is 6. The first-order chi connectivity index (χ1) is 13.8. The zero-order valence-corrected chi connectivity index (χ0v) is 17.5. The molecular formula is C21H26FN3O3S. The Morgan fingerprint density at radius 3 is 2.45 bits per heavy atom. The maximum atomic E-state index is 13.6. The fourth-order valence-corrected chi connectivity index (χ4v) is 5.08. The Balaban J connectivity index is 1.52. The van der Waals surface area contributed by atoms with Gasteiger partial charge in [0.15, 0.2) is 0 Å². The quantitative estimate of drug-likeness (QED) is 0.782. The van der Waals surface area contributed by atoms with Crippen LogP contribution in [0.2, 0.25) is 0 Å². The van der Waals surface area contributed by atoms with Gasteiger partial charge in [0.25, 0.3) is 0 Å². The number of carbonyl (C=O) groups excluding carboxylic acids is 1. The average Bonchev–Trinajstić information content (AvgIpc) is 2.70. The summed E-state index contributed by atoms with van der Waals surface area (Å²) in [7, 11) is -3.53. The summed E-state index contributed by atoms with van der Waals surface area (Å²) in [5.74, 6) is -0.730. The second-order valence-corrected chi connectivity index (χ2v) is 9.20. The van der Waals surface area contributed by atoms with Gasteiger partial charge in [-0.2, -0.15) is 4.31 Å². The van der Waals surface area contributed by atoms with E-state index in [-0.39, 0.29) is 18.0 Å². The first-order valence-corrected chi connectivity index (χ1v) is 11.1. The van der Waals surface area contributed by atoms with E-state index < -0.39 is 15.8 Å². The van der Waals surface area contributed by atoms with Crippen molar-refractivity contribution in [1.82, 2.24) is 9.21 Å². The molecule has 1 aliphatic heterocycles. The molecule has 1 amide bonds. The molecule has 2 aromatic rings. The van der Waals surface area contributed by atoms with Crippen LogP contribution in [0.5, 0.6) is 0 Å². The summed E-state index contributed by atoms with van der Waals surface area (Å²) in [6.45, 7) is 6.04. The number of nitrogens with zero attached hydrogens (tertiary/aromatic N) is 2. The number of sulfonamides is 1. The van der Waals surface area contributed by atoms with Crippen LogP contribution in [0.1, 0.15) is 17.5 Å². The second-order valence-electron chi connectivity index (χ2n) is 7.29. The zero-order valence-electron chi connectivity index (χ0n) is 16.7. The van der Waals surface area contributed by atoms with Crippen molar-refractivity contribution < 1.29 is 17.6 Å². The molecular weight excluding hydrogens is 393 g/mol. The number of amides is 1. The zero-order chi connectivity index (χ0) is 21.0. The van der Waals surface area contributed by atoms with Gasteiger partial charge in [-0.05, 0) is 43.2 Å². The van der Waals surface area contributed by atoms with Gasteiger partial charge in [-0.15, -0.1) is 0 Å². The lowest BCUT2D eigenvalue weighted by molar-refractivity contribution is -0.116. The van der Waals surface area contributed by atoms with Crippen molar-refractivity contribution in [3.8, 4) is 0 Å². The molecule has 1 heterocycles. The van der Waals surface area contributed by atoms with Gasteiger partial charge in [-0.25, -0.2) is 12.8 Å². The third-order valence-corrected chi connectivity index (χ3v) is 7.14. The maximum absolute atomic E-state index is 13.6. The van der Waals surface area contributed by atoms with Crippen LogP contribution in [0.25, 0.3) is 0 Å². The van der Waals surface area contributed by atoms with E-state index in [2.05, 4.69) is 10.2 Å². The van der Waals surface area contributed by atoms with E-state index in [1.54, 1.807) is 25.1 Å². The van der Waals surface area contributed by atoms with E-state index >= 15 is 0 Å². The van der Waals surface area contributed by atoms with E-state index in [9.17, 15) is 17.6 Å². The highest BCUT2D eigenvalue weighted by atomic mass is 32.2. The molecule has 29 heavy (non-hydrogen) atoms. The van der Waals surface area contributed by atoms with E-state index in [1.807, 2.05) is 19.1 Å².